The van der Waals surface area contributed by atoms with E-state index in [-0.39, 0.29) is 5.91 Å². The van der Waals surface area contributed by atoms with Gasteiger partial charge in [-0.2, -0.15) is 0 Å². The molecule has 0 N–H and O–H groups in total. The second kappa shape index (κ2) is 5.45. The minimum Gasteiger partial charge on any atom is -0.336 e. The first-order valence-corrected chi connectivity index (χ1v) is 8.39. The highest BCUT2D eigenvalue weighted by atomic mass is 16.2. The number of piperazine rings is 1. The second-order valence-electron chi connectivity index (χ2n) is 6.94. The van der Waals surface area contributed by atoms with Crippen molar-refractivity contribution in [2.45, 2.75) is 31.7 Å². The van der Waals surface area contributed by atoms with Gasteiger partial charge in [0.15, 0.2) is 0 Å². The number of carbonyl (C=O) groups excluding carboxylic acids is 1. The molecule has 112 valence electrons. The van der Waals surface area contributed by atoms with Crippen LogP contribution in [0, 0.1) is 11.8 Å². The number of rotatable bonds is 2. The van der Waals surface area contributed by atoms with E-state index in [4.69, 9.17) is 0 Å². The van der Waals surface area contributed by atoms with Crippen LogP contribution in [-0.2, 0) is 0 Å². The molecule has 2 aliphatic carbocycles. The van der Waals surface area contributed by atoms with Gasteiger partial charge < -0.3 is 4.90 Å². The maximum Gasteiger partial charge on any atom is 0.253 e. The molecule has 2 saturated carbocycles. The molecule has 0 unspecified atom stereocenters. The van der Waals surface area contributed by atoms with Crippen molar-refractivity contribution in [3.63, 3.8) is 0 Å². The molecule has 3 atom stereocenters. The molecule has 3 nitrogen and oxygen atoms in total. The van der Waals surface area contributed by atoms with Crippen LogP contribution in [0.3, 0.4) is 0 Å². The average Bonchev–Trinajstić information content (AvgIpc) is 3.18. The Kier molecular flexibility index (Phi) is 3.46. The molecule has 1 aromatic carbocycles. The highest BCUT2D eigenvalue weighted by Crippen LogP contribution is 2.46. The van der Waals surface area contributed by atoms with Crippen molar-refractivity contribution in [3.05, 3.63) is 35.9 Å². The molecule has 1 saturated heterocycles. The van der Waals surface area contributed by atoms with Gasteiger partial charge in [0.25, 0.3) is 5.91 Å². The van der Waals surface area contributed by atoms with Gasteiger partial charge in [0.05, 0.1) is 0 Å². The predicted molar refractivity (Wildman–Crippen MR) is 83.2 cm³/mol. The Balaban J connectivity index is 1.36. The van der Waals surface area contributed by atoms with Gasteiger partial charge in [0.1, 0.15) is 0 Å². The van der Waals surface area contributed by atoms with Crippen molar-refractivity contribution in [1.29, 1.82) is 0 Å². The van der Waals surface area contributed by atoms with Crippen LogP contribution in [0.25, 0.3) is 0 Å². The summed E-state index contributed by atoms with van der Waals surface area (Å²) in [5.41, 5.74) is 0.825. The van der Waals surface area contributed by atoms with E-state index in [9.17, 15) is 4.79 Å². The van der Waals surface area contributed by atoms with Crippen LogP contribution in [0.2, 0.25) is 0 Å². The van der Waals surface area contributed by atoms with Crippen molar-refractivity contribution in [2.75, 3.05) is 26.2 Å². The molecule has 0 aromatic heterocycles. The Bertz CT molecular complexity index is 507. The molecule has 3 heteroatoms. The van der Waals surface area contributed by atoms with Gasteiger partial charge in [-0.25, -0.2) is 0 Å². The van der Waals surface area contributed by atoms with Crippen LogP contribution in [0.1, 0.15) is 36.0 Å². The van der Waals surface area contributed by atoms with E-state index in [2.05, 4.69) is 4.90 Å². The number of hydrogen-bond acceptors (Lipinski definition) is 2. The molecular weight excluding hydrogens is 260 g/mol. The molecule has 21 heavy (non-hydrogen) atoms. The Morgan fingerprint density at radius 1 is 0.952 bits per heavy atom. The van der Waals surface area contributed by atoms with Crippen LogP contribution in [-0.4, -0.2) is 47.9 Å². The number of benzene rings is 1. The first kappa shape index (κ1) is 13.3. The van der Waals surface area contributed by atoms with Gasteiger partial charge >= 0.3 is 0 Å². The SMILES string of the molecule is O=C(c1ccccc1)N1CCN([C@H]2C[C@H]3CC[C@@H]2C3)CC1. The fourth-order valence-corrected chi connectivity index (χ4v) is 4.68. The zero-order chi connectivity index (χ0) is 14.2. The molecule has 2 bridgehead atoms. The van der Waals surface area contributed by atoms with Crippen molar-refractivity contribution in [3.8, 4) is 0 Å². The van der Waals surface area contributed by atoms with Crippen LogP contribution in [0.4, 0.5) is 0 Å². The largest absolute Gasteiger partial charge is 0.336 e. The van der Waals surface area contributed by atoms with Gasteiger partial charge in [-0.15, -0.1) is 0 Å². The summed E-state index contributed by atoms with van der Waals surface area (Å²) in [4.78, 5) is 17.2. The molecule has 1 aromatic rings. The van der Waals surface area contributed by atoms with Crippen molar-refractivity contribution >= 4 is 5.91 Å². The molecule has 0 spiro atoms. The maximum absolute atomic E-state index is 12.5. The third kappa shape index (κ3) is 2.48. The van der Waals surface area contributed by atoms with E-state index in [1.54, 1.807) is 0 Å². The smallest absolute Gasteiger partial charge is 0.253 e. The minimum atomic E-state index is 0.197. The fourth-order valence-electron chi connectivity index (χ4n) is 4.68. The van der Waals surface area contributed by atoms with E-state index < -0.39 is 0 Å². The summed E-state index contributed by atoms with van der Waals surface area (Å²) in [5.74, 6) is 2.15. The molecule has 1 amide bonds. The summed E-state index contributed by atoms with van der Waals surface area (Å²) in [5, 5.41) is 0. The minimum absolute atomic E-state index is 0.197. The fraction of sp³-hybridized carbons (Fsp3) is 0.611. The molecule has 3 aliphatic rings. The van der Waals surface area contributed by atoms with E-state index in [1.165, 1.54) is 25.7 Å². The van der Waals surface area contributed by atoms with Crippen LogP contribution >= 0.6 is 0 Å². The average molecular weight is 284 g/mol. The summed E-state index contributed by atoms with van der Waals surface area (Å²) in [7, 11) is 0. The van der Waals surface area contributed by atoms with Gasteiger partial charge in [0.2, 0.25) is 0 Å². The zero-order valence-electron chi connectivity index (χ0n) is 12.6. The molecule has 1 heterocycles. The number of amides is 1. The summed E-state index contributed by atoms with van der Waals surface area (Å²) in [6.07, 6.45) is 5.79. The van der Waals surface area contributed by atoms with Crippen LogP contribution < -0.4 is 0 Å². The van der Waals surface area contributed by atoms with Gasteiger partial charge in [-0.1, -0.05) is 24.6 Å². The van der Waals surface area contributed by atoms with Gasteiger partial charge in [-0.3, -0.25) is 9.69 Å². The van der Waals surface area contributed by atoms with E-state index in [0.29, 0.717) is 0 Å². The topological polar surface area (TPSA) is 23.6 Å². The number of carbonyl (C=O) groups is 1. The second-order valence-corrected chi connectivity index (χ2v) is 6.94. The first-order valence-electron chi connectivity index (χ1n) is 8.39. The maximum atomic E-state index is 12.5. The third-order valence-electron chi connectivity index (χ3n) is 5.79. The Hall–Kier alpha value is -1.35. The molecule has 1 aliphatic heterocycles. The van der Waals surface area contributed by atoms with Crippen molar-refractivity contribution < 1.29 is 4.79 Å². The van der Waals surface area contributed by atoms with E-state index in [1.807, 2.05) is 35.2 Å². The predicted octanol–water partition coefficient (Wildman–Crippen LogP) is 2.63. The first-order chi connectivity index (χ1) is 10.3. The van der Waals surface area contributed by atoms with E-state index in [0.717, 1.165) is 49.6 Å². The molecule has 0 radical (unpaired) electrons. The zero-order valence-corrected chi connectivity index (χ0v) is 12.6. The monoisotopic (exact) mass is 284 g/mol. The van der Waals surface area contributed by atoms with Gasteiger partial charge in [0, 0.05) is 37.8 Å². The molecule has 3 fully saturated rings. The molecular formula is C18H24N2O. The number of nitrogens with zero attached hydrogens (tertiary/aromatic N) is 2. The summed E-state index contributed by atoms with van der Waals surface area (Å²) in [6.45, 7) is 3.90. The Morgan fingerprint density at radius 2 is 1.71 bits per heavy atom. The number of hydrogen-bond donors (Lipinski definition) is 0. The Labute approximate surface area is 126 Å². The normalized spacial score (nSPS) is 32.6. The lowest BCUT2D eigenvalue weighted by atomic mass is 9.93. The van der Waals surface area contributed by atoms with Crippen LogP contribution in [0.5, 0.6) is 0 Å². The third-order valence-corrected chi connectivity index (χ3v) is 5.79. The lowest BCUT2D eigenvalue weighted by Crippen LogP contribution is -2.53. The summed E-state index contributed by atoms with van der Waals surface area (Å²) in [6, 6.07) is 10.5. The summed E-state index contributed by atoms with van der Waals surface area (Å²) < 4.78 is 0. The summed E-state index contributed by atoms with van der Waals surface area (Å²) >= 11 is 0. The highest BCUT2D eigenvalue weighted by Gasteiger charge is 2.42. The lowest BCUT2D eigenvalue weighted by molar-refractivity contribution is 0.0496. The van der Waals surface area contributed by atoms with Gasteiger partial charge in [-0.05, 0) is 43.2 Å². The number of fused-ring (bicyclic) bond motifs is 2. The van der Waals surface area contributed by atoms with Crippen molar-refractivity contribution in [2.24, 2.45) is 11.8 Å². The standard InChI is InChI=1S/C18H24N2O/c21-18(15-4-2-1-3-5-15)20-10-8-19(9-11-20)17-13-14-6-7-16(17)12-14/h1-5,14,16-17H,6-13H2/t14-,16+,17-/m0/s1. The Morgan fingerprint density at radius 3 is 2.33 bits per heavy atom. The quantitative estimate of drug-likeness (QED) is 0.833. The van der Waals surface area contributed by atoms with E-state index >= 15 is 0 Å². The van der Waals surface area contributed by atoms with Crippen molar-refractivity contribution in [1.82, 2.24) is 9.80 Å². The lowest BCUT2D eigenvalue weighted by Gasteiger charge is -2.41. The van der Waals surface area contributed by atoms with Crippen LogP contribution in [0.15, 0.2) is 30.3 Å². The highest BCUT2D eigenvalue weighted by molar-refractivity contribution is 5.94. The molecule has 4 rings (SSSR count).